The Kier molecular flexibility index (Phi) is 5.25. The van der Waals surface area contributed by atoms with E-state index >= 15 is 0 Å². The molecule has 4 aromatic rings. The van der Waals surface area contributed by atoms with Crippen molar-refractivity contribution in [1.29, 1.82) is 0 Å². The summed E-state index contributed by atoms with van der Waals surface area (Å²) in [6.45, 7) is 2.71. The van der Waals surface area contributed by atoms with Crippen LogP contribution in [0, 0.1) is 0 Å². The lowest BCUT2D eigenvalue weighted by atomic mass is 10.0. The lowest BCUT2D eigenvalue weighted by Crippen LogP contribution is -2.12. The molecule has 0 saturated carbocycles. The predicted octanol–water partition coefficient (Wildman–Crippen LogP) is 2.97. The molecular weight excluding hydrogens is 386 g/mol. The number of H-pyrrole nitrogens is 1. The molecule has 9 heteroatoms. The number of benzene rings is 2. The largest absolute Gasteiger partial charge is 0.494 e. The number of carbonyl (C=O) groups is 1. The number of aromatic amines is 1. The Hall–Kier alpha value is -4.01. The summed E-state index contributed by atoms with van der Waals surface area (Å²) in [6.07, 6.45) is 2.00. The number of nitrogens with one attached hydrogen (secondary N) is 1. The lowest BCUT2D eigenvalue weighted by molar-refractivity contribution is 0.103. The second-order valence-corrected chi connectivity index (χ2v) is 6.65. The first kappa shape index (κ1) is 19.3. The highest BCUT2D eigenvalue weighted by atomic mass is 16.5. The zero-order valence-corrected chi connectivity index (χ0v) is 16.2. The molecule has 3 N–H and O–H groups in total. The number of carbonyl (C=O) groups excluding carboxylic acids is 1. The second kappa shape index (κ2) is 8.16. The van der Waals surface area contributed by atoms with E-state index in [1.165, 1.54) is 0 Å². The van der Waals surface area contributed by atoms with Crippen LogP contribution in [-0.2, 0) is 0 Å². The number of ether oxygens (including phenoxy) is 1. The number of hydrogen-bond donors (Lipinski definition) is 2. The van der Waals surface area contributed by atoms with E-state index in [1.54, 1.807) is 42.5 Å². The maximum atomic E-state index is 13.1. The molecule has 30 heavy (non-hydrogen) atoms. The van der Waals surface area contributed by atoms with Gasteiger partial charge in [-0.15, -0.1) is 10.2 Å². The zero-order valence-electron chi connectivity index (χ0n) is 16.2. The minimum atomic E-state index is -0.467. The molecule has 2 aromatic carbocycles. The Labute approximate surface area is 170 Å². The lowest BCUT2D eigenvalue weighted by Gasteiger charge is -2.09. The monoisotopic (exact) mass is 405 g/mol. The zero-order chi connectivity index (χ0) is 21.1. The van der Waals surface area contributed by atoms with Gasteiger partial charge in [-0.1, -0.05) is 19.4 Å². The van der Waals surface area contributed by atoms with Gasteiger partial charge in [-0.2, -0.15) is 5.21 Å². The van der Waals surface area contributed by atoms with E-state index in [4.69, 9.17) is 14.9 Å². The molecular formula is C21H19N5O4. The van der Waals surface area contributed by atoms with Crippen molar-refractivity contribution in [3.63, 3.8) is 0 Å². The Morgan fingerprint density at radius 1 is 1.20 bits per heavy atom. The summed E-state index contributed by atoms with van der Waals surface area (Å²) in [4.78, 5) is 25.9. The van der Waals surface area contributed by atoms with E-state index in [-0.39, 0.29) is 39.6 Å². The van der Waals surface area contributed by atoms with Crippen LogP contribution in [-0.4, -0.2) is 33.0 Å². The van der Waals surface area contributed by atoms with Crippen molar-refractivity contribution in [1.82, 2.24) is 20.6 Å². The number of nitrogen functional groups attached to an aromatic ring is 1. The molecule has 0 aliphatic carbocycles. The molecule has 9 nitrogen and oxygen atoms in total. The number of unbranched alkanes of at least 4 members (excludes halogenated alkanes) is 1. The number of para-hydroxylation sites is 1. The number of tetrazole rings is 1. The van der Waals surface area contributed by atoms with E-state index in [9.17, 15) is 9.59 Å². The Morgan fingerprint density at radius 2 is 2.00 bits per heavy atom. The maximum absolute atomic E-state index is 13.1. The Balaban J connectivity index is 1.75. The normalized spacial score (nSPS) is 11.0. The summed E-state index contributed by atoms with van der Waals surface area (Å²) in [5.74, 6) is 0.382. The molecule has 0 atom stereocenters. The van der Waals surface area contributed by atoms with Gasteiger partial charge in [-0.05, 0) is 48.0 Å². The van der Waals surface area contributed by atoms with Gasteiger partial charge in [-0.25, -0.2) is 0 Å². The van der Waals surface area contributed by atoms with Crippen molar-refractivity contribution in [2.75, 3.05) is 12.3 Å². The number of rotatable bonds is 7. The van der Waals surface area contributed by atoms with Crippen LogP contribution in [0.3, 0.4) is 0 Å². The first-order chi connectivity index (χ1) is 14.6. The molecule has 152 valence electrons. The summed E-state index contributed by atoms with van der Waals surface area (Å²) in [6, 6.07) is 11.6. The van der Waals surface area contributed by atoms with Crippen molar-refractivity contribution in [3.05, 3.63) is 63.8 Å². The van der Waals surface area contributed by atoms with Gasteiger partial charge >= 0.3 is 0 Å². The molecule has 0 aliphatic heterocycles. The van der Waals surface area contributed by atoms with Crippen LogP contribution < -0.4 is 15.9 Å². The van der Waals surface area contributed by atoms with E-state index in [1.807, 2.05) is 0 Å². The van der Waals surface area contributed by atoms with Crippen molar-refractivity contribution < 1.29 is 13.9 Å². The number of nitrogens with two attached hydrogens (primary N) is 1. The van der Waals surface area contributed by atoms with Gasteiger partial charge in [0.1, 0.15) is 17.0 Å². The second-order valence-electron chi connectivity index (χ2n) is 6.65. The molecule has 0 aliphatic rings. The minimum absolute atomic E-state index is 0.0299. The molecule has 4 rings (SSSR count). The minimum Gasteiger partial charge on any atom is -0.494 e. The Bertz CT molecular complexity index is 1250. The summed E-state index contributed by atoms with van der Waals surface area (Å²) in [5.41, 5.74) is 6.08. The molecule has 0 saturated heterocycles. The summed E-state index contributed by atoms with van der Waals surface area (Å²) < 4.78 is 11.5. The van der Waals surface area contributed by atoms with Crippen LogP contribution in [0.5, 0.6) is 5.75 Å². The van der Waals surface area contributed by atoms with Crippen LogP contribution in [0.4, 0.5) is 5.69 Å². The van der Waals surface area contributed by atoms with Crippen LogP contribution in [0.2, 0.25) is 0 Å². The number of fused-ring (bicyclic) bond motifs is 1. The number of anilines is 1. The molecule has 0 unspecified atom stereocenters. The van der Waals surface area contributed by atoms with Gasteiger partial charge < -0.3 is 14.9 Å². The van der Waals surface area contributed by atoms with Crippen molar-refractivity contribution in [3.8, 4) is 17.3 Å². The van der Waals surface area contributed by atoms with Crippen molar-refractivity contribution >= 4 is 22.4 Å². The predicted molar refractivity (Wildman–Crippen MR) is 110 cm³/mol. The first-order valence-corrected chi connectivity index (χ1v) is 9.46. The van der Waals surface area contributed by atoms with E-state index in [0.717, 1.165) is 12.8 Å². The van der Waals surface area contributed by atoms with Gasteiger partial charge in [0.05, 0.1) is 17.6 Å². The average molecular weight is 405 g/mol. The number of ketones is 1. The van der Waals surface area contributed by atoms with Crippen molar-refractivity contribution in [2.24, 2.45) is 0 Å². The topological polar surface area (TPSA) is 137 Å². The van der Waals surface area contributed by atoms with Crippen molar-refractivity contribution in [2.45, 2.75) is 19.8 Å². The molecule has 2 heterocycles. The van der Waals surface area contributed by atoms with E-state index in [0.29, 0.717) is 17.9 Å². The Morgan fingerprint density at radius 3 is 2.70 bits per heavy atom. The maximum Gasteiger partial charge on any atom is 0.242 e. The average Bonchev–Trinajstić information content (AvgIpc) is 3.31. The fourth-order valence-corrected chi connectivity index (χ4v) is 3.03. The number of hydrogen-bond acceptors (Lipinski definition) is 8. The molecule has 0 spiro atoms. The van der Waals surface area contributed by atoms with E-state index < -0.39 is 5.43 Å². The highest BCUT2D eigenvalue weighted by molar-refractivity contribution is 6.15. The van der Waals surface area contributed by atoms with Gasteiger partial charge in [0.25, 0.3) is 0 Å². The molecule has 2 aromatic heterocycles. The third-order valence-electron chi connectivity index (χ3n) is 4.63. The van der Waals surface area contributed by atoms with Gasteiger partial charge in [0.2, 0.25) is 17.0 Å². The van der Waals surface area contributed by atoms with Gasteiger partial charge in [0, 0.05) is 5.56 Å². The van der Waals surface area contributed by atoms with Crippen LogP contribution >= 0.6 is 0 Å². The van der Waals surface area contributed by atoms with Crippen LogP contribution in [0.15, 0.2) is 51.7 Å². The molecule has 0 bridgehead atoms. The molecule has 0 radical (unpaired) electrons. The third kappa shape index (κ3) is 3.52. The molecule has 0 amide bonds. The summed E-state index contributed by atoms with van der Waals surface area (Å²) in [5, 5.41) is 13.6. The quantitative estimate of drug-likeness (QED) is 0.354. The number of aromatic nitrogens is 4. The molecule has 0 fully saturated rings. The standard InChI is InChI=1S/C21H19N5O4/c1-2-3-11-29-13-9-7-12(8-10-13)17(27)14-5-4-6-15-18(28)16(22)20(30-19(14)15)21-23-25-26-24-21/h4-10H,2-3,11,22H2,1H3,(H,23,24,25,26). The van der Waals surface area contributed by atoms with Gasteiger partial charge in [0.15, 0.2) is 5.78 Å². The SMILES string of the molecule is CCCCOc1ccc(C(=O)c2cccc3c(=O)c(N)c(-c4nn[nH]n4)oc23)cc1. The summed E-state index contributed by atoms with van der Waals surface area (Å²) in [7, 11) is 0. The fourth-order valence-electron chi connectivity index (χ4n) is 3.03. The van der Waals surface area contributed by atoms with Crippen LogP contribution in [0.25, 0.3) is 22.6 Å². The first-order valence-electron chi connectivity index (χ1n) is 9.46. The highest BCUT2D eigenvalue weighted by Gasteiger charge is 2.21. The fraction of sp³-hybridized carbons (Fsp3) is 0.190. The van der Waals surface area contributed by atoms with Gasteiger partial charge in [-0.3, -0.25) is 9.59 Å². The van der Waals surface area contributed by atoms with Crippen LogP contribution in [0.1, 0.15) is 35.7 Å². The summed E-state index contributed by atoms with van der Waals surface area (Å²) >= 11 is 0. The number of nitrogens with zero attached hydrogens (tertiary/aromatic N) is 3. The highest BCUT2D eigenvalue weighted by Crippen LogP contribution is 2.28. The third-order valence-corrected chi connectivity index (χ3v) is 4.63. The van der Waals surface area contributed by atoms with E-state index in [2.05, 4.69) is 27.5 Å². The smallest absolute Gasteiger partial charge is 0.242 e.